The summed E-state index contributed by atoms with van der Waals surface area (Å²) in [4.78, 5) is 4.50. The summed E-state index contributed by atoms with van der Waals surface area (Å²) in [5, 5.41) is 0.724. The fourth-order valence-electron chi connectivity index (χ4n) is 2.22. The minimum atomic E-state index is -3.69. The van der Waals surface area contributed by atoms with Crippen LogP contribution in [0.2, 0.25) is 5.02 Å². The monoisotopic (exact) mass is 352 g/mol. The van der Waals surface area contributed by atoms with E-state index >= 15 is 0 Å². The molecule has 1 N–H and O–H groups in total. The van der Waals surface area contributed by atoms with Crippen molar-refractivity contribution in [2.45, 2.75) is 18.7 Å². The number of thiazole rings is 1. The second kappa shape index (κ2) is 5.53. The Morgan fingerprint density at radius 3 is 2.68 bits per heavy atom. The van der Waals surface area contributed by atoms with Gasteiger partial charge in [0.05, 0.1) is 15.1 Å². The second-order valence-electron chi connectivity index (χ2n) is 5.01. The lowest BCUT2D eigenvalue weighted by atomic mass is 10.1. The molecule has 0 aliphatic carbocycles. The minimum Gasteiger partial charge on any atom is -0.255 e. The summed E-state index contributed by atoms with van der Waals surface area (Å²) in [6, 6.07) is 10.2. The van der Waals surface area contributed by atoms with Gasteiger partial charge in [-0.25, -0.2) is 13.4 Å². The number of hydrogen-bond donors (Lipinski definition) is 1. The van der Waals surface area contributed by atoms with Gasteiger partial charge in [-0.05, 0) is 49.2 Å². The molecule has 2 aromatic carbocycles. The summed E-state index contributed by atoms with van der Waals surface area (Å²) >= 11 is 7.17. The van der Waals surface area contributed by atoms with E-state index in [4.69, 9.17) is 11.6 Å². The van der Waals surface area contributed by atoms with E-state index in [0.717, 1.165) is 21.3 Å². The number of hydrogen-bond acceptors (Lipinski definition) is 4. The van der Waals surface area contributed by atoms with Gasteiger partial charge in [0.1, 0.15) is 0 Å². The number of fused-ring (bicyclic) bond motifs is 1. The number of anilines is 1. The van der Waals surface area contributed by atoms with Crippen LogP contribution < -0.4 is 4.72 Å². The largest absolute Gasteiger partial charge is 0.263 e. The number of halogens is 1. The number of nitrogens with one attached hydrogen (secondary N) is 1. The molecule has 0 unspecified atom stereocenters. The van der Waals surface area contributed by atoms with Crippen LogP contribution in [0.4, 0.5) is 5.13 Å². The number of benzene rings is 2. The summed E-state index contributed by atoms with van der Waals surface area (Å²) in [7, 11) is -3.69. The van der Waals surface area contributed by atoms with Gasteiger partial charge in [0.15, 0.2) is 5.13 Å². The standard InChI is InChI=1S/C15H13ClN2O2S2/c1-9-6-10(2)14-13(7-9)21-15(17-14)18-22(19,20)12-5-3-4-11(16)8-12/h3-8H,1-2H3,(H,17,18). The molecule has 3 rings (SSSR count). The van der Waals surface area contributed by atoms with Gasteiger partial charge < -0.3 is 0 Å². The molecule has 0 radical (unpaired) electrons. The summed E-state index contributed by atoms with van der Waals surface area (Å²) < 4.78 is 28.2. The van der Waals surface area contributed by atoms with Crippen LogP contribution in [0.15, 0.2) is 41.3 Å². The minimum absolute atomic E-state index is 0.118. The maximum atomic E-state index is 12.4. The van der Waals surface area contributed by atoms with Crippen molar-refractivity contribution in [2.75, 3.05) is 4.72 Å². The van der Waals surface area contributed by atoms with E-state index < -0.39 is 10.0 Å². The molecule has 3 aromatic rings. The van der Waals surface area contributed by atoms with Gasteiger partial charge in [-0.15, -0.1) is 0 Å². The first-order valence-electron chi connectivity index (χ1n) is 6.51. The van der Waals surface area contributed by atoms with Gasteiger partial charge in [0.25, 0.3) is 10.0 Å². The molecule has 1 heterocycles. The van der Waals surface area contributed by atoms with Crippen molar-refractivity contribution >= 4 is 48.3 Å². The third kappa shape index (κ3) is 2.95. The number of rotatable bonds is 3. The Labute approximate surface area is 137 Å². The molecule has 7 heteroatoms. The van der Waals surface area contributed by atoms with Gasteiger partial charge in [-0.1, -0.05) is 35.1 Å². The Bertz CT molecular complexity index is 965. The van der Waals surface area contributed by atoms with Crippen molar-refractivity contribution in [1.29, 1.82) is 0 Å². The van der Waals surface area contributed by atoms with Crippen molar-refractivity contribution in [3.8, 4) is 0 Å². The fraction of sp³-hybridized carbons (Fsp3) is 0.133. The number of nitrogens with zero attached hydrogens (tertiary/aromatic N) is 1. The first kappa shape index (κ1) is 15.3. The molecule has 0 fully saturated rings. The zero-order valence-electron chi connectivity index (χ0n) is 11.9. The van der Waals surface area contributed by atoms with Crippen LogP contribution in [0.5, 0.6) is 0 Å². The molecule has 0 amide bonds. The molecule has 0 aliphatic rings. The molecule has 4 nitrogen and oxygen atoms in total. The van der Waals surface area contributed by atoms with Crippen LogP contribution in [-0.4, -0.2) is 13.4 Å². The number of sulfonamides is 1. The zero-order chi connectivity index (χ0) is 15.9. The van der Waals surface area contributed by atoms with E-state index in [1.165, 1.54) is 23.5 Å². The van der Waals surface area contributed by atoms with E-state index in [2.05, 4.69) is 9.71 Å². The predicted molar refractivity (Wildman–Crippen MR) is 91.4 cm³/mol. The highest BCUT2D eigenvalue weighted by molar-refractivity contribution is 7.93. The maximum absolute atomic E-state index is 12.4. The summed E-state index contributed by atoms with van der Waals surface area (Å²) in [6.45, 7) is 3.96. The van der Waals surface area contributed by atoms with Crippen molar-refractivity contribution in [1.82, 2.24) is 4.98 Å². The number of aromatic nitrogens is 1. The fourth-order valence-corrected chi connectivity index (χ4v) is 4.80. The van der Waals surface area contributed by atoms with E-state index in [-0.39, 0.29) is 4.90 Å². The lowest BCUT2D eigenvalue weighted by Gasteiger charge is -2.04. The Balaban J connectivity index is 2.01. The Kier molecular flexibility index (Phi) is 3.84. The van der Waals surface area contributed by atoms with E-state index in [0.29, 0.717) is 10.2 Å². The average Bonchev–Trinajstić information content (AvgIpc) is 2.80. The number of aryl methyl sites for hydroxylation is 2. The topological polar surface area (TPSA) is 59.1 Å². The van der Waals surface area contributed by atoms with Crippen molar-refractivity contribution in [3.05, 3.63) is 52.5 Å². The van der Waals surface area contributed by atoms with Gasteiger partial charge in [0, 0.05) is 5.02 Å². The van der Waals surface area contributed by atoms with E-state index in [9.17, 15) is 8.42 Å². The van der Waals surface area contributed by atoms with Crippen molar-refractivity contribution in [2.24, 2.45) is 0 Å². The Morgan fingerprint density at radius 2 is 1.95 bits per heavy atom. The predicted octanol–water partition coefficient (Wildman–Crippen LogP) is 4.37. The molecule has 0 aliphatic heterocycles. The van der Waals surface area contributed by atoms with Crippen LogP contribution in [0.25, 0.3) is 10.2 Å². The van der Waals surface area contributed by atoms with Crippen LogP contribution in [0.1, 0.15) is 11.1 Å². The molecule has 0 saturated heterocycles. The van der Waals surface area contributed by atoms with Gasteiger partial charge in [-0.3, -0.25) is 4.72 Å². The maximum Gasteiger partial charge on any atom is 0.263 e. The van der Waals surface area contributed by atoms with Crippen molar-refractivity contribution in [3.63, 3.8) is 0 Å². The molecule has 1 aromatic heterocycles. The summed E-state index contributed by atoms with van der Waals surface area (Å²) in [5.41, 5.74) is 2.97. The molecule has 0 bridgehead atoms. The first-order chi connectivity index (χ1) is 10.3. The molecule has 114 valence electrons. The Hall–Kier alpha value is -1.63. The summed E-state index contributed by atoms with van der Waals surface area (Å²) in [5.74, 6) is 0. The summed E-state index contributed by atoms with van der Waals surface area (Å²) in [6.07, 6.45) is 0. The second-order valence-corrected chi connectivity index (χ2v) is 8.16. The smallest absolute Gasteiger partial charge is 0.255 e. The highest BCUT2D eigenvalue weighted by atomic mass is 35.5. The quantitative estimate of drug-likeness (QED) is 0.761. The van der Waals surface area contributed by atoms with Crippen LogP contribution in [0.3, 0.4) is 0 Å². The third-order valence-corrected chi connectivity index (χ3v) is 5.78. The lowest BCUT2D eigenvalue weighted by Crippen LogP contribution is -2.12. The highest BCUT2D eigenvalue weighted by Gasteiger charge is 2.17. The first-order valence-corrected chi connectivity index (χ1v) is 9.19. The van der Waals surface area contributed by atoms with Gasteiger partial charge >= 0.3 is 0 Å². The van der Waals surface area contributed by atoms with E-state index in [1.54, 1.807) is 12.1 Å². The molecular weight excluding hydrogens is 340 g/mol. The SMILES string of the molecule is Cc1cc(C)c2nc(NS(=O)(=O)c3cccc(Cl)c3)sc2c1. The van der Waals surface area contributed by atoms with E-state index in [1.807, 2.05) is 26.0 Å². The highest BCUT2D eigenvalue weighted by Crippen LogP contribution is 2.30. The van der Waals surface area contributed by atoms with Crippen LogP contribution >= 0.6 is 22.9 Å². The molecule has 0 spiro atoms. The van der Waals surface area contributed by atoms with Crippen LogP contribution in [0, 0.1) is 13.8 Å². The molecular formula is C15H13ClN2O2S2. The lowest BCUT2D eigenvalue weighted by molar-refractivity contribution is 0.601. The normalized spacial score (nSPS) is 11.8. The van der Waals surface area contributed by atoms with Crippen LogP contribution in [-0.2, 0) is 10.0 Å². The van der Waals surface area contributed by atoms with Gasteiger partial charge in [-0.2, -0.15) is 0 Å². The average molecular weight is 353 g/mol. The van der Waals surface area contributed by atoms with Gasteiger partial charge in [0.2, 0.25) is 0 Å². The Morgan fingerprint density at radius 1 is 1.18 bits per heavy atom. The van der Waals surface area contributed by atoms with Crippen molar-refractivity contribution < 1.29 is 8.42 Å². The molecule has 22 heavy (non-hydrogen) atoms. The molecule has 0 atom stereocenters. The molecule has 0 saturated carbocycles. The third-order valence-electron chi connectivity index (χ3n) is 3.16. The zero-order valence-corrected chi connectivity index (χ0v) is 14.3.